The molecule has 0 saturated heterocycles. The van der Waals surface area contributed by atoms with E-state index in [2.05, 4.69) is 10.4 Å². The Morgan fingerprint density at radius 3 is 2.63 bits per heavy atom. The van der Waals surface area contributed by atoms with Crippen molar-refractivity contribution >= 4 is 23.1 Å². The molecule has 1 unspecified atom stereocenters. The highest BCUT2D eigenvalue weighted by atomic mass is 35.5. The Hall–Kier alpha value is -1.82. The number of nitrogens with two attached hydrogens (primary N) is 3. The van der Waals surface area contributed by atoms with Gasteiger partial charge in [0.1, 0.15) is 5.82 Å². The summed E-state index contributed by atoms with van der Waals surface area (Å²) in [5, 5.41) is 0.602. The SMILES string of the molecule is NNC(Cc1ccnc(N)c1)c1ccc(Cl)cc1N. The molecular weight excluding hydrogens is 262 g/mol. The summed E-state index contributed by atoms with van der Waals surface area (Å²) >= 11 is 5.89. The Morgan fingerprint density at radius 2 is 2.00 bits per heavy atom. The zero-order valence-corrected chi connectivity index (χ0v) is 11.1. The Morgan fingerprint density at radius 1 is 1.21 bits per heavy atom. The first-order valence-corrected chi connectivity index (χ1v) is 6.19. The van der Waals surface area contributed by atoms with Crippen molar-refractivity contribution in [2.75, 3.05) is 11.5 Å². The molecule has 5 nitrogen and oxygen atoms in total. The van der Waals surface area contributed by atoms with Crippen LogP contribution in [0.5, 0.6) is 0 Å². The lowest BCUT2D eigenvalue weighted by Gasteiger charge is -2.18. The number of halogens is 1. The minimum absolute atomic E-state index is 0.112. The maximum Gasteiger partial charge on any atom is 0.123 e. The maximum absolute atomic E-state index is 5.96. The molecule has 2 rings (SSSR count). The molecule has 100 valence electrons. The molecule has 1 aromatic heterocycles. The number of anilines is 2. The minimum Gasteiger partial charge on any atom is -0.398 e. The summed E-state index contributed by atoms with van der Waals surface area (Å²) in [4.78, 5) is 3.96. The number of aromatic nitrogens is 1. The number of hydrogen-bond donors (Lipinski definition) is 4. The summed E-state index contributed by atoms with van der Waals surface area (Å²) in [7, 11) is 0. The van der Waals surface area contributed by atoms with Crippen LogP contribution in [0.15, 0.2) is 36.5 Å². The molecule has 19 heavy (non-hydrogen) atoms. The van der Waals surface area contributed by atoms with E-state index < -0.39 is 0 Å². The van der Waals surface area contributed by atoms with Crippen LogP contribution in [-0.4, -0.2) is 4.98 Å². The highest BCUT2D eigenvalue weighted by molar-refractivity contribution is 6.30. The van der Waals surface area contributed by atoms with Gasteiger partial charge in [0.2, 0.25) is 0 Å². The Kier molecular flexibility index (Phi) is 4.21. The van der Waals surface area contributed by atoms with Gasteiger partial charge >= 0.3 is 0 Å². The molecule has 0 bridgehead atoms. The molecule has 0 spiro atoms. The second-order valence-electron chi connectivity index (χ2n) is 4.29. The lowest BCUT2D eigenvalue weighted by Crippen LogP contribution is -2.30. The van der Waals surface area contributed by atoms with Crippen LogP contribution >= 0.6 is 11.6 Å². The van der Waals surface area contributed by atoms with Crippen LogP contribution in [0.4, 0.5) is 11.5 Å². The molecular formula is C13H16ClN5. The normalized spacial score (nSPS) is 12.3. The van der Waals surface area contributed by atoms with Gasteiger partial charge in [0, 0.05) is 16.9 Å². The van der Waals surface area contributed by atoms with Crippen LogP contribution in [0.2, 0.25) is 5.02 Å². The van der Waals surface area contributed by atoms with Gasteiger partial charge in [-0.3, -0.25) is 11.3 Å². The average molecular weight is 278 g/mol. The van der Waals surface area contributed by atoms with Crippen molar-refractivity contribution in [1.29, 1.82) is 0 Å². The van der Waals surface area contributed by atoms with Gasteiger partial charge in [-0.2, -0.15) is 0 Å². The van der Waals surface area contributed by atoms with Crippen LogP contribution < -0.4 is 22.7 Å². The lowest BCUT2D eigenvalue weighted by molar-refractivity contribution is 0.553. The van der Waals surface area contributed by atoms with Crippen LogP contribution in [-0.2, 0) is 6.42 Å². The zero-order valence-electron chi connectivity index (χ0n) is 10.3. The summed E-state index contributed by atoms with van der Waals surface area (Å²) in [5.41, 5.74) is 16.9. The fourth-order valence-electron chi connectivity index (χ4n) is 1.98. The molecule has 1 heterocycles. The van der Waals surface area contributed by atoms with Crippen LogP contribution in [0, 0.1) is 0 Å². The first kappa shape index (κ1) is 13.6. The van der Waals surface area contributed by atoms with Gasteiger partial charge in [-0.15, -0.1) is 0 Å². The molecule has 6 heteroatoms. The molecule has 1 aromatic carbocycles. The van der Waals surface area contributed by atoms with E-state index in [0.29, 0.717) is 22.9 Å². The summed E-state index contributed by atoms with van der Waals surface area (Å²) < 4.78 is 0. The van der Waals surface area contributed by atoms with Gasteiger partial charge in [0.15, 0.2) is 0 Å². The number of benzene rings is 1. The number of hydrazine groups is 1. The number of rotatable bonds is 4. The van der Waals surface area contributed by atoms with Crippen molar-refractivity contribution < 1.29 is 0 Å². The van der Waals surface area contributed by atoms with E-state index in [9.17, 15) is 0 Å². The molecule has 0 aliphatic carbocycles. The first-order chi connectivity index (χ1) is 9.10. The van der Waals surface area contributed by atoms with Crippen molar-refractivity contribution in [3.63, 3.8) is 0 Å². The Balaban J connectivity index is 2.25. The molecule has 0 aliphatic heterocycles. The minimum atomic E-state index is -0.112. The molecule has 2 aromatic rings. The number of pyridine rings is 1. The van der Waals surface area contributed by atoms with E-state index in [-0.39, 0.29) is 6.04 Å². The average Bonchev–Trinajstić information content (AvgIpc) is 2.37. The van der Waals surface area contributed by atoms with Gasteiger partial charge in [0.25, 0.3) is 0 Å². The monoisotopic (exact) mass is 277 g/mol. The number of hydrogen-bond acceptors (Lipinski definition) is 5. The van der Waals surface area contributed by atoms with Crippen LogP contribution in [0.1, 0.15) is 17.2 Å². The predicted octanol–water partition coefficient (Wildman–Crippen LogP) is 1.65. The van der Waals surface area contributed by atoms with E-state index in [0.717, 1.165) is 11.1 Å². The third kappa shape index (κ3) is 3.35. The fraction of sp³-hybridized carbons (Fsp3) is 0.154. The molecule has 0 fully saturated rings. The predicted molar refractivity (Wildman–Crippen MR) is 78.3 cm³/mol. The molecule has 1 atom stereocenters. The van der Waals surface area contributed by atoms with Gasteiger partial charge < -0.3 is 11.5 Å². The fourth-order valence-corrected chi connectivity index (χ4v) is 2.16. The largest absolute Gasteiger partial charge is 0.398 e. The topological polar surface area (TPSA) is 103 Å². The van der Waals surface area contributed by atoms with Crippen molar-refractivity contribution in [1.82, 2.24) is 10.4 Å². The summed E-state index contributed by atoms with van der Waals surface area (Å²) in [5.74, 6) is 6.10. The molecule has 0 amide bonds. The van der Waals surface area contributed by atoms with Gasteiger partial charge in [0.05, 0.1) is 6.04 Å². The van der Waals surface area contributed by atoms with Gasteiger partial charge in [-0.25, -0.2) is 4.98 Å². The summed E-state index contributed by atoms with van der Waals surface area (Å²) in [6, 6.07) is 8.97. The third-order valence-corrected chi connectivity index (χ3v) is 3.15. The van der Waals surface area contributed by atoms with Crippen LogP contribution in [0.25, 0.3) is 0 Å². The quantitative estimate of drug-likeness (QED) is 0.386. The molecule has 0 radical (unpaired) electrons. The van der Waals surface area contributed by atoms with Gasteiger partial charge in [-0.1, -0.05) is 17.7 Å². The smallest absolute Gasteiger partial charge is 0.123 e. The number of nitrogens with one attached hydrogen (secondary N) is 1. The number of nitrogens with zero attached hydrogens (tertiary/aromatic N) is 1. The second kappa shape index (κ2) is 5.88. The molecule has 7 N–H and O–H groups in total. The van der Waals surface area contributed by atoms with Crippen molar-refractivity contribution in [3.05, 3.63) is 52.7 Å². The highest BCUT2D eigenvalue weighted by Gasteiger charge is 2.14. The van der Waals surface area contributed by atoms with Gasteiger partial charge in [-0.05, 0) is 41.8 Å². The summed E-state index contributed by atoms with van der Waals surface area (Å²) in [6.07, 6.45) is 2.33. The van der Waals surface area contributed by atoms with E-state index >= 15 is 0 Å². The first-order valence-electron chi connectivity index (χ1n) is 5.81. The van der Waals surface area contributed by atoms with Crippen molar-refractivity contribution in [2.45, 2.75) is 12.5 Å². The van der Waals surface area contributed by atoms with E-state index in [4.69, 9.17) is 28.9 Å². The van der Waals surface area contributed by atoms with Crippen molar-refractivity contribution in [3.8, 4) is 0 Å². The van der Waals surface area contributed by atoms with Crippen molar-refractivity contribution in [2.24, 2.45) is 5.84 Å². The lowest BCUT2D eigenvalue weighted by atomic mass is 9.98. The van der Waals surface area contributed by atoms with Crippen LogP contribution in [0.3, 0.4) is 0 Å². The third-order valence-electron chi connectivity index (χ3n) is 2.91. The zero-order chi connectivity index (χ0) is 13.8. The maximum atomic E-state index is 5.96. The molecule has 0 aliphatic rings. The van der Waals surface area contributed by atoms with E-state index in [1.165, 1.54) is 0 Å². The number of nitrogen functional groups attached to an aromatic ring is 2. The Labute approximate surface area is 116 Å². The van der Waals surface area contributed by atoms with E-state index in [1.54, 1.807) is 18.3 Å². The Bertz CT molecular complexity index is 573. The molecule has 0 saturated carbocycles. The standard InChI is InChI=1S/C13H16ClN5/c14-9-1-2-10(11(15)7-9)12(19-17)5-8-3-4-18-13(16)6-8/h1-4,6-7,12,19H,5,15,17H2,(H2,16,18). The highest BCUT2D eigenvalue weighted by Crippen LogP contribution is 2.26. The second-order valence-corrected chi connectivity index (χ2v) is 4.72. The van der Waals surface area contributed by atoms with E-state index in [1.807, 2.05) is 18.2 Å². The summed E-state index contributed by atoms with van der Waals surface area (Å²) in [6.45, 7) is 0.